The summed E-state index contributed by atoms with van der Waals surface area (Å²) < 4.78 is 0. The third kappa shape index (κ3) is 4.32. The lowest BCUT2D eigenvalue weighted by atomic mass is 10.1. The van der Waals surface area contributed by atoms with E-state index < -0.39 is 0 Å². The Morgan fingerprint density at radius 3 is 2.33 bits per heavy atom. The molecular weight excluding hydrogens is 295 g/mol. The van der Waals surface area contributed by atoms with Gasteiger partial charge in [-0.15, -0.1) is 12.4 Å². The number of halogens is 3. The van der Waals surface area contributed by atoms with E-state index in [0.29, 0.717) is 23.1 Å². The number of benzene rings is 1. The number of nitrogens with zero attached hydrogens (tertiary/aromatic N) is 1. The number of rotatable bonds is 4. The molecule has 0 saturated heterocycles. The average molecular weight is 312 g/mol. The molecule has 0 bridgehead atoms. The van der Waals surface area contributed by atoms with Gasteiger partial charge in [0.25, 0.3) is 0 Å². The number of carbonyl (C=O) groups excluding carboxylic acids is 1. The van der Waals surface area contributed by atoms with Crippen LogP contribution in [0.4, 0.5) is 0 Å². The highest BCUT2D eigenvalue weighted by Crippen LogP contribution is 2.25. The fourth-order valence-corrected chi connectivity index (χ4v) is 1.99. The van der Waals surface area contributed by atoms with E-state index in [1.807, 2.05) is 0 Å². The van der Waals surface area contributed by atoms with Crippen LogP contribution < -0.4 is 5.73 Å². The highest BCUT2D eigenvalue weighted by Gasteiger charge is 2.17. The molecule has 2 N–H and O–H groups in total. The minimum atomic E-state index is -0.193. The minimum absolute atomic E-state index is 0. The maximum Gasteiger partial charge on any atom is 0.226 e. The van der Waals surface area contributed by atoms with E-state index in [-0.39, 0.29) is 24.2 Å². The molecule has 1 rings (SSSR count). The van der Waals surface area contributed by atoms with Crippen molar-refractivity contribution in [3.63, 3.8) is 0 Å². The van der Waals surface area contributed by atoms with Gasteiger partial charge in [0.05, 0.1) is 0 Å². The van der Waals surface area contributed by atoms with Crippen LogP contribution >= 0.6 is 35.6 Å². The van der Waals surface area contributed by atoms with Gasteiger partial charge in [0, 0.05) is 41.7 Å². The van der Waals surface area contributed by atoms with Crippen LogP contribution in [0.25, 0.3) is 0 Å². The van der Waals surface area contributed by atoms with Crippen LogP contribution in [0.1, 0.15) is 12.5 Å². The molecule has 0 aromatic heterocycles. The molecule has 0 heterocycles. The quantitative estimate of drug-likeness (QED) is 0.929. The molecule has 1 aromatic rings. The zero-order chi connectivity index (χ0) is 13.0. The SMILES string of the molecule is CC(CN)C(=O)N(C)Cc1c(Cl)cccc1Cl.Cl. The van der Waals surface area contributed by atoms with Crippen molar-refractivity contribution in [2.75, 3.05) is 13.6 Å². The zero-order valence-electron chi connectivity index (χ0n) is 10.3. The predicted octanol–water partition coefficient (Wildman–Crippen LogP) is 2.97. The Balaban J connectivity index is 0.00000289. The van der Waals surface area contributed by atoms with E-state index in [9.17, 15) is 4.79 Å². The van der Waals surface area contributed by atoms with Gasteiger partial charge in [-0.1, -0.05) is 36.2 Å². The van der Waals surface area contributed by atoms with Gasteiger partial charge in [-0.05, 0) is 12.1 Å². The normalized spacial score (nSPS) is 11.6. The largest absolute Gasteiger partial charge is 0.341 e. The molecule has 1 atom stereocenters. The van der Waals surface area contributed by atoms with E-state index in [2.05, 4.69) is 0 Å². The van der Waals surface area contributed by atoms with Gasteiger partial charge in [0.2, 0.25) is 5.91 Å². The molecule has 1 aromatic carbocycles. The molecule has 102 valence electrons. The van der Waals surface area contributed by atoms with Crippen molar-refractivity contribution in [1.82, 2.24) is 4.90 Å². The van der Waals surface area contributed by atoms with Gasteiger partial charge in [-0.25, -0.2) is 0 Å². The molecule has 0 saturated carbocycles. The second-order valence-electron chi connectivity index (χ2n) is 4.03. The number of amides is 1. The lowest BCUT2D eigenvalue weighted by Crippen LogP contribution is -2.34. The number of carbonyl (C=O) groups is 1. The summed E-state index contributed by atoms with van der Waals surface area (Å²) in [7, 11) is 1.72. The summed E-state index contributed by atoms with van der Waals surface area (Å²) in [6, 6.07) is 5.29. The van der Waals surface area contributed by atoms with Gasteiger partial charge in [0.1, 0.15) is 0 Å². The standard InChI is InChI=1S/C12H16Cl2N2O.ClH/c1-8(6-15)12(17)16(2)7-9-10(13)4-3-5-11(9)14;/h3-5,8H,6-7,15H2,1-2H3;1H. The maximum absolute atomic E-state index is 11.9. The molecule has 0 fully saturated rings. The van der Waals surface area contributed by atoms with Crippen molar-refractivity contribution in [1.29, 1.82) is 0 Å². The molecule has 0 aliphatic rings. The lowest BCUT2D eigenvalue weighted by molar-refractivity contribution is -0.133. The minimum Gasteiger partial charge on any atom is -0.341 e. The van der Waals surface area contributed by atoms with Gasteiger partial charge in [-0.2, -0.15) is 0 Å². The molecule has 1 unspecified atom stereocenters. The number of nitrogens with two attached hydrogens (primary N) is 1. The van der Waals surface area contributed by atoms with E-state index in [4.69, 9.17) is 28.9 Å². The van der Waals surface area contributed by atoms with E-state index in [1.54, 1.807) is 37.1 Å². The fraction of sp³-hybridized carbons (Fsp3) is 0.417. The zero-order valence-corrected chi connectivity index (χ0v) is 12.6. The molecule has 1 amide bonds. The van der Waals surface area contributed by atoms with Gasteiger partial charge in [-0.3, -0.25) is 4.79 Å². The first-order chi connectivity index (χ1) is 7.97. The third-order valence-electron chi connectivity index (χ3n) is 2.61. The van der Waals surface area contributed by atoms with Crippen molar-refractivity contribution < 1.29 is 4.79 Å². The van der Waals surface area contributed by atoms with Gasteiger partial charge < -0.3 is 10.6 Å². The second-order valence-corrected chi connectivity index (χ2v) is 4.85. The average Bonchev–Trinajstić information content (AvgIpc) is 2.31. The van der Waals surface area contributed by atoms with E-state index in [0.717, 1.165) is 5.56 Å². The third-order valence-corrected chi connectivity index (χ3v) is 3.32. The Morgan fingerprint density at radius 1 is 1.39 bits per heavy atom. The van der Waals surface area contributed by atoms with Crippen molar-refractivity contribution in [2.24, 2.45) is 11.7 Å². The van der Waals surface area contributed by atoms with Crippen molar-refractivity contribution in [3.8, 4) is 0 Å². The Morgan fingerprint density at radius 2 is 1.89 bits per heavy atom. The van der Waals surface area contributed by atoms with Gasteiger partial charge in [0.15, 0.2) is 0 Å². The lowest BCUT2D eigenvalue weighted by Gasteiger charge is -2.21. The van der Waals surface area contributed by atoms with Crippen molar-refractivity contribution >= 4 is 41.5 Å². The Bertz CT molecular complexity index is 392. The van der Waals surface area contributed by atoms with Crippen LogP contribution in [-0.2, 0) is 11.3 Å². The van der Waals surface area contributed by atoms with Crippen LogP contribution in [0, 0.1) is 5.92 Å². The maximum atomic E-state index is 11.9. The van der Waals surface area contributed by atoms with Crippen LogP contribution in [0.2, 0.25) is 10.0 Å². The molecule has 6 heteroatoms. The summed E-state index contributed by atoms with van der Waals surface area (Å²) in [6.45, 7) is 2.52. The molecule has 0 radical (unpaired) electrons. The Labute approximate surface area is 124 Å². The topological polar surface area (TPSA) is 46.3 Å². The first kappa shape index (κ1) is 17.5. The van der Waals surface area contributed by atoms with E-state index >= 15 is 0 Å². The fourth-order valence-electron chi connectivity index (χ4n) is 1.48. The first-order valence-corrected chi connectivity index (χ1v) is 6.11. The van der Waals surface area contributed by atoms with Gasteiger partial charge >= 0.3 is 0 Å². The van der Waals surface area contributed by atoms with Crippen LogP contribution in [-0.4, -0.2) is 24.4 Å². The second kappa shape index (κ2) is 7.85. The summed E-state index contributed by atoms with van der Waals surface area (Å²) in [5.41, 5.74) is 6.22. The summed E-state index contributed by atoms with van der Waals surface area (Å²) >= 11 is 12.1. The Kier molecular flexibility index (Phi) is 7.64. The number of hydrogen-bond acceptors (Lipinski definition) is 2. The summed E-state index contributed by atoms with van der Waals surface area (Å²) in [5.74, 6) is -0.204. The summed E-state index contributed by atoms with van der Waals surface area (Å²) in [4.78, 5) is 13.4. The smallest absolute Gasteiger partial charge is 0.226 e. The van der Waals surface area contributed by atoms with E-state index in [1.165, 1.54) is 0 Å². The first-order valence-electron chi connectivity index (χ1n) is 5.35. The van der Waals surface area contributed by atoms with Crippen LogP contribution in [0.15, 0.2) is 18.2 Å². The molecular formula is C12H17Cl3N2O. The summed E-state index contributed by atoms with van der Waals surface area (Å²) in [6.07, 6.45) is 0. The molecule has 0 aliphatic carbocycles. The number of hydrogen-bond donors (Lipinski definition) is 1. The molecule has 18 heavy (non-hydrogen) atoms. The molecule has 0 spiro atoms. The highest BCUT2D eigenvalue weighted by atomic mass is 35.5. The highest BCUT2D eigenvalue weighted by molar-refractivity contribution is 6.36. The van der Waals surface area contributed by atoms with Crippen molar-refractivity contribution in [3.05, 3.63) is 33.8 Å². The van der Waals surface area contributed by atoms with Crippen LogP contribution in [0.5, 0.6) is 0 Å². The van der Waals surface area contributed by atoms with Crippen molar-refractivity contribution in [2.45, 2.75) is 13.5 Å². The Hall–Kier alpha value is -0.480. The molecule has 0 aliphatic heterocycles. The van der Waals surface area contributed by atoms with Crippen LogP contribution in [0.3, 0.4) is 0 Å². The summed E-state index contributed by atoms with van der Waals surface area (Å²) in [5, 5.41) is 1.13. The monoisotopic (exact) mass is 310 g/mol. The molecule has 3 nitrogen and oxygen atoms in total. The predicted molar refractivity (Wildman–Crippen MR) is 78.4 cm³/mol.